The standard InChI is InChI=1S/C10H9ClF2O2/c11-4-6-5-14-10(15-6)9-7(12)2-1-3-8(9)13/h1-3,6,10H,4-5H2. The van der Waals surface area contributed by atoms with Crippen LogP contribution >= 0.6 is 11.6 Å². The average Bonchev–Trinajstić information content (AvgIpc) is 2.66. The van der Waals surface area contributed by atoms with Gasteiger partial charge in [-0.05, 0) is 12.1 Å². The van der Waals surface area contributed by atoms with E-state index in [2.05, 4.69) is 0 Å². The van der Waals surface area contributed by atoms with Crippen LogP contribution in [0.25, 0.3) is 0 Å². The molecule has 1 aromatic carbocycles. The van der Waals surface area contributed by atoms with Gasteiger partial charge in [0.15, 0.2) is 6.29 Å². The van der Waals surface area contributed by atoms with E-state index in [9.17, 15) is 8.78 Å². The minimum absolute atomic E-state index is 0.190. The first-order valence-electron chi connectivity index (χ1n) is 4.49. The molecule has 82 valence electrons. The Morgan fingerprint density at radius 2 is 2.00 bits per heavy atom. The van der Waals surface area contributed by atoms with E-state index >= 15 is 0 Å². The Morgan fingerprint density at radius 3 is 2.53 bits per heavy atom. The molecule has 1 heterocycles. The highest BCUT2D eigenvalue weighted by molar-refractivity contribution is 6.18. The Bertz CT molecular complexity index is 339. The largest absolute Gasteiger partial charge is 0.345 e. The van der Waals surface area contributed by atoms with Gasteiger partial charge >= 0.3 is 0 Å². The molecule has 5 heteroatoms. The first-order chi connectivity index (χ1) is 7.22. The Labute approximate surface area is 90.7 Å². The molecular formula is C10H9ClF2O2. The van der Waals surface area contributed by atoms with Crippen molar-refractivity contribution in [3.05, 3.63) is 35.4 Å². The third kappa shape index (κ3) is 2.12. The fourth-order valence-corrected chi connectivity index (χ4v) is 1.58. The van der Waals surface area contributed by atoms with Gasteiger partial charge in [0, 0.05) is 0 Å². The summed E-state index contributed by atoms with van der Waals surface area (Å²) in [5.74, 6) is -1.10. The van der Waals surface area contributed by atoms with Gasteiger partial charge in [-0.3, -0.25) is 0 Å². The quantitative estimate of drug-likeness (QED) is 0.733. The van der Waals surface area contributed by atoms with Crippen molar-refractivity contribution >= 4 is 11.6 Å². The Kier molecular flexibility index (Phi) is 3.19. The smallest absolute Gasteiger partial charge is 0.190 e. The van der Waals surface area contributed by atoms with Gasteiger partial charge < -0.3 is 9.47 Å². The highest BCUT2D eigenvalue weighted by Crippen LogP contribution is 2.30. The summed E-state index contributed by atoms with van der Waals surface area (Å²) in [6.45, 7) is 0.252. The Balaban J connectivity index is 2.23. The van der Waals surface area contributed by atoms with Crippen LogP contribution in [0, 0.1) is 11.6 Å². The van der Waals surface area contributed by atoms with E-state index in [0.29, 0.717) is 0 Å². The second-order valence-electron chi connectivity index (χ2n) is 3.21. The summed E-state index contributed by atoms with van der Waals surface area (Å²) >= 11 is 5.55. The fourth-order valence-electron chi connectivity index (χ4n) is 1.42. The zero-order valence-corrected chi connectivity index (χ0v) is 8.51. The number of rotatable bonds is 2. The van der Waals surface area contributed by atoms with Gasteiger partial charge in [-0.25, -0.2) is 8.78 Å². The lowest BCUT2D eigenvalue weighted by Gasteiger charge is -2.12. The molecule has 0 aliphatic carbocycles. The van der Waals surface area contributed by atoms with Crippen molar-refractivity contribution in [2.45, 2.75) is 12.4 Å². The molecule has 15 heavy (non-hydrogen) atoms. The Morgan fingerprint density at radius 1 is 1.33 bits per heavy atom. The Hall–Kier alpha value is -0.710. The second kappa shape index (κ2) is 4.43. The van der Waals surface area contributed by atoms with Crippen LogP contribution in [-0.2, 0) is 9.47 Å². The number of benzene rings is 1. The molecule has 1 saturated heterocycles. The lowest BCUT2D eigenvalue weighted by atomic mass is 10.2. The maximum Gasteiger partial charge on any atom is 0.190 e. The van der Waals surface area contributed by atoms with Crippen molar-refractivity contribution in [2.75, 3.05) is 12.5 Å². The van der Waals surface area contributed by atoms with Crippen LogP contribution in [-0.4, -0.2) is 18.6 Å². The van der Waals surface area contributed by atoms with Gasteiger partial charge in [-0.15, -0.1) is 11.6 Å². The fraction of sp³-hybridized carbons (Fsp3) is 0.400. The normalized spacial score (nSPS) is 25.8. The van der Waals surface area contributed by atoms with E-state index in [1.807, 2.05) is 0 Å². The predicted octanol–water partition coefficient (Wildman–Crippen LogP) is 2.62. The van der Waals surface area contributed by atoms with Crippen LogP contribution in [0.1, 0.15) is 11.9 Å². The third-order valence-corrected chi connectivity index (χ3v) is 2.50. The second-order valence-corrected chi connectivity index (χ2v) is 3.52. The highest BCUT2D eigenvalue weighted by atomic mass is 35.5. The molecule has 1 fully saturated rings. The molecule has 0 spiro atoms. The van der Waals surface area contributed by atoms with Crippen molar-refractivity contribution < 1.29 is 18.3 Å². The molecule has 2 rings (SSSR count). The average molecular weight is 235 g/mol. The van der Waals surface area contributed by atoms with E-state index in [4.69, 9.17) is 21.1 Å². The van der Waals surface area contributed by atoms with Crippen LogP contribution in [0.3, 0.4) is 0 Å². The number of hydrogen-bond donors (Lipinski definition) is 0. The molecule has 0 radical (unpaired) electrons. The van der Waals surface area contributed by atoms with Crippen LogP contribution in [0.15, 0.2) is 18.2 Å². The number of ether oxygens (including phenoxy) is 2. The molecular weight excluding hydrogens is 226 g/mol. The van der Waals surface area contributed by atoms with Crippen molar-refractivity contribution in [1.29, 1.82) is 0 Å². The van der Waals surface area contributed by atoms with Crippen molar-refractivity contribution in [2.24, 2.45) is 0 Å². The summed E-state index contributed by atoms with van der Waals surface area (Å²) < 4.78 is 36.9. The van der Waals surface area contributed by atoms with Crippen molar-refractivity contribution in [1.82, 2.24) is 0 Å². The number of hydrogen-bond acceptors (Lipinski definition) is 2. The summed E-state index contributed by atoms with van der Waals surface area (Å²) in [5.41, 5.74) is -0.190. The molecule has 2 unspecified atom stereocenters. The summed E-state index contributed by atoms with van der Waals surface area (Å²) in [7, 11) is 0. The van der Waals surface area contributed by atoms with Gasteiger partial charge in [-0.2, -0.15) is 0 Å². The van der Waals surface area contributed by atoms with Gasteiger partial charge in [-0.1, -0.05) is 6.07 Å². The summed E-state index contributed by atoms with van der Waals surface area (Å²) in [4.78, 5) is 0. The van der Waals surface area contributed by atoms with Crippen LogP contribution in [0.4, 0.5) is 8.78 Å². The lowest BCUT2D eigenvalue weighted by Crippen LogP contribution is -2.11. The molecule has 1 aliphatic rings. The summed E-state index contributed by atoms with van der Waals surface area (Å²) in [6.07, 6.45) is -1.30. The molecule has 2 nitrogen and oxygen atoms in total. The molecule has 0 amide bonds. The SMILES string of the molecule is Fc1cccc(F)c1C1OCC(CCl)O1. The van der Waals surface area contributed by atoms with Gasteiger partial charge in [0.1, 0.15) is 11.6 Å². The first-order valence-corrected chi connectivity index (χ1v) is 5.02. The molecule has 0 N–H and O–H groups in total. The van der Waals surface area contributed by atoms with Crippen LogP contribution in [0.5, 0.6) is 0 Å². The zero-order valence-electron chi connectivity index (χ0n) is 7.75. The van der Waals surface area contributed by atoms with Crippen LogP contribution < -0.4 is 0 Å². The maximum atomic E-state index is 13.3. The topological polar surface area (TPSA) is 18.5 Å². The van der Waals surface area contributed by atoms with Gasteiger partial charge in [0.25, 0.3) is 0 Å². The first kappa shape index (κ1) is 10.8. The minimum atomic E-state index is -0.991. The monoisotopic (exact) mass is 234 g/mol. The van der Waals surface area contributed by atoms with Crippen LogP contribution in [0.2, 0.25) is 0 Å². The maximum absolute atomic E-state index is 13.3. The lowest BCUT2D eigenvalue weighted by molar-refractivity contribution is -0.0612. The predicted molar refractivity (Wildman–Crippen MR) is 50.6 cm³/mol. The molecule has 0 bridgehead atoms. The minimum Gasteiger partial charge on any atom is -0.345 e. The van der Waals surface area contributed by atoms with E-state index in [1.54, 1.807) is 0 Å². The van der Waals surface area contributed by atoms with E-state index in [0.717, 1.165) is 0 Å². The molecule has 0 aromatic heterocycles. The molecule has 0 saturated carbocycles. The van der Waals surface area contributed by atoms with Gasteiger partial charge in [0.05, 0.1) is 24.2 Å². The van der Waals surface area contributed by atoms with Crippen molar-refractivity contribution in [3.63, 3.8) is 0 Å². The number of halogens is 3. The summed E-state index contributed by atoms with van der Waals surface area (Å²) in [6, 6.07) is 3.63. The summed E-state index contributed by atoms with van der Waals surface area (Å²) in [5, 5.41) is 0. The highest BCUT2D eigenvalue weighted by Gasteiger charge is 2.30. The molecule has 2 atom stereocenters. The molecule has 1 aliphatic heterocycles. The third-order valence-electron chi connectivity index (χ3n) is 2.16. The van der Waals surface area contributed by atoms with Gasteiger partial charge in [0.2, 0.25) is 0 Å². The van der Waals surface area contributed by atoms with E-state index in [-0.39, 0.29) is 24.2 Å². The van der Waals surface area contributed by atoms with E-state index in [1.165, 1.54) is 18.2 Å². The zero-order chi connectivity index (χ0) is 10.8. The molecule has 1 aromatic rings. The van der Waals surface area contributed by atoms with E-state index < -0.39 is 17.9 Å². The number of alkyl halides is 1. The van der Waals surface area contributed by atoms with Crippen molar-refractivity contribution in [3.8, 4) is 0 Å².